The summed E-state index contributed by atoms with van der Waals surface area (Å²) in [5.41, 5.74) is 1.53. The SMILES string of the molecule is CCc1oc2cc(Oc3ccnc4cc(-c5nccn5C)sc34)ccc2c1C(=O)O. The third-order valence-corrected chi connectivity index (χ3v) is 6.05. The molecule has 0 aliphatic heterocycles. The summed E-state index contributed by atoms with van der Waals surface area (Å²) in [6.07, 6.45) is 5.87. The van der Waals surface area contributed by atoms with Gasteiger partial charge in [-0.1, -0.05) is 6.92 Å². The summed E-state index contributed by atoms with van der Waals surface area (Å²) in [6.45, 7) is 1.87. The third-order valence-electron chi connectivity index (χ3n) is 4.91. The summed E-state index contributed by atoms with van der Waals surface area (Å²) in [6, 6.07) is 9.01. The molecule has 1 aromatic carbocycles. The highest BCUT2D eigenvalue weighted by atomic mass is 32.1. The fraction of sp³-hybridized carbons (Fsp3) is 0.136. The Labute approximate surface area is 175 Å². The number of carboxylic acid groups (broad SMARTS) is 1. The number of fused-ring (bicyclic) bond motifs is 2. The molecular weight excluding hydrogens is 402 g/mol. The van der Waals surface area contributed by atoms with Gasteiger partial charge in [-0.3, -0.25) is 4.98 Å². The van der Waals surface area contributed by atoms with Crippen LogP contribution in [-0.4, -0.2) is 25.6 Å². The van der Waals surface area contributed by atoms with Crippen LogP contribution in [0.15, 0.2) is 53.3 Å². The van der Waals surface area contributed by atoms with Crippen LogP contribution in [0.25, 0.3) is 31.9 Å². The molecule has 0 bridgehead atoms. The van der Waals surface area contributed by atoms with Gasteiger partial charge in [0.15, 0.2) is 0 Å². The molecule has 0 aliphatic carbocycles. The van der Waals surface area contributed by atoms with Gasteiger partial charge >= 0.3 is 5.97 Å². The first kappa shape index (κ1) is 18.4. The van der Waals surface area contributed by atoms with E-state index < -0.39 is 5.97 Å². The van der Waals surface area contributed by atoms with Crippen LogP contribution < -0.4 is 4.74 Å². The summed E-state index contributed by atoms with van der Waals surface area (Å²) in [5, 5.41) is 10.1. The molecule has 0 fully saturated rings. The molecule has 4 heterocycles. The smallest absolute Gasteiger partial charge is 0.339 e. The van der Waals surface area contributed by atoms with E-state index in [0.717, 1.165) is 20.9 Å². The van der Waals surface area contributed by atoms with Gasteiger partial charge in [-0.2, -0.15) is 0 Å². The fourth-order valence-electron chi connectivity index (χ4n) is 3.51. The van der Waals surface area contributed by atoms with Crippen LogP contribution in [0.4, 0.5) is 0 Å². The third kappa shape index (κ3) is 2.93. The van der Waals surface area contributed by atoms with Gasteiger partial charge in [0.2, 0.25) is 0 Å². The molecule has 4 aromatic heterocycles. The number of hydrogen-bond donors (Lipinski definition) is 1. The summed E-state index contributed by atoms with van der Waals surface area (Å²) >= 11 is 1.56. The van der Waals surface area contributed by atoms with Crippen molar-refractivity contribution in [3.8, 4) is 22.2 Å². The summed E-state index contributed by atoms with van der Waals surface area (Å²) in [4.78, 5) is 21.5. The van der Waals surface area contributed by atoms with Crippen LogP contribution in [0.3, 0.4) is 0 Å². The molecule has 0 atom stereocenters. The lowest BCUT2D eigenvalue weighted by Gasteiger charge is -2.06. The molecule has 1 N–H and O–H groups in total. The zero-order valence-electron chi connectivity index (χ0n) is 16.2. The standard InChI is InChI=1S/C22H17N3O4S/c1-3-15-19(22(26)27)13-5-4-12(10-17(13)29-15)28-16-6-7-23-14-11-18(30-20(14)16)21-24-8-9-25(21)2/h4-11H,3H2,1-2H3,(H,26,27). The van der Waals surface area contributed by atoms with Crippen molar-refractivity contribution >= 4 is 38.5 Å². The molecule has 5 aromatic rings. The molecule has 0 unspecified atom stereocenters. The Bertz CT molecular complexity index is 1410. The van der Waals surface area contributed by atoms with E-state index in [1.165, 1.54) is 0 Å². The molecule has 7 nitrogen and oxygen atoms in total. The number of benzene rings is 1. The summed E-state index contributed by atoms with van der Waals surface area (Å²) in [5.74, 6) is 1.57. The number of hydrogen-bond acceptors (Lipinski definition) is 6. The van der Waals surface area contributed by atoms with Crippen molar-refractivity contribution in [1.82, 2.24) is 14.5 Å². The Morgan fingerprint density at radius 1 is 1.23 bits per heavy atom. The first-order valence-corrected chi connectivity index (χ1v) is 10.2. The predicted molar refractivity (Wildman–Crippen MR) is 114 cm³/mol. The minimum absolute atomic E-state index is 0.211. The number of pyridine rings is 1. The van der Waals surface area contributed by atoms with E-state index in [2.05, 4.69) is 9.97 Å². The monoisotopic (exact) mass is 419 g/mol. The van der Waals surface area contributed by atoms with E-state index >= 15 is 0 Å². The molecule has 0 spiro atoms. The van der Waals surface area contributed by atoms with Crippen molar-refractivity contribution in [3.05, 3.63) is 60.2 Å². The average molecular weight is 419 g/mol. The maximum Gasteiger partial charge on any atom is 0.339 e. The molecule has 0 amide bonds. The van der Waals surface area contributed by atoms with E-state index in [0.29, 0.717) is 34.6 Å². The van der Waals surface area contributed by atoms with Crippen molar-refractivity contribution in [3.63, 3.8) is 0 Å². The van der Waals surface area contributed by atoms with Gasteiger partial charge in [-0.15, -0.1) is 11.3 Å². The molecule has 0 radical (unpaired) electrons. The zero-order valence-corrected chi connectivity index (χ0v) is 17.1. The van der Waals surface area contributed by atoms with E-state index in [-0.39, 0.29) is 5.56 Å². The van der Waals surface area contributed by atoms with Crippen LogP contribution in [0, 0.1) is 0 Å². The second kappa shape index (κ2) is 7.00. The van der Waals surface area contributed by atoms with Crippen molar-refractivity contribution in [2.75, 3.05) is 0 Å². The van der Waals surface area contributed by atoms with Gasteiger partial charge in [-0.25, -0.2) is 9.78 Å². The highest BCUT2D eigenvalue weighted by Crippen LogP contribution is 2.39. The van der Waals surface area contributed by atoms with Crippen LogP contribution in [0.2, 0.25) is 0 Å². The maximum atomic E-state index is 11.6. The van der Waals surface area contributed by atoms with Crippen molar-refractivity contribution in [2.24, 2.45) is 7.05 Å². The maximum absolute atomic E-state index is 11.6. The van der Waals surface area contributed by atoms with E-state index in [1.807, 2.05) is 36.9 Å². The number of rotatable bonds is 5. The van der Waals surface area contributed by atoms with Gasteiger partial charge in [0.25, 0.3) is 0 Å². The van der Waals surface area contributed by atoms with Gasteiger partial charge in [0, 0.05) is 49.6 Å². The first-order valence-electron chi connectivity index (χ1n) is 9.38. The quantitative estimate of drug-likeness (QED) is 0.405. The number of imidazole rings is 1. The number of furan rings is 1. The van der Waals surface area contributed by atoms with Gasteiger partial charge in [-0.05, 0) is 18.2 Å². The van der Waals surface area contributed by atoms with Crippen LogP contribution >= 0.6 is 11.3 Å². The normalized spacial score (nSPS) is 11.4. The van der Waals surface area contributed by atoms with Gasteiger partial charge < -0.3 is 18.8 Å². The van der Waals surface area contributed by atoms with Crippen molar-refractivity contribution in [1.29, 1.82) is 0 Å². The topological polar surface area (TPSA) is 90.4 Å². The van der Waals surface area contributed by atoms with Crippen LogP contribution in [0.5, 0.6) is 11.5 Å². The molecule has 8 heteroatoms. The van der Waals surface area contributed by atoms with Crippen LogP contribution in [0.1, 0.15) is 23.0 Å². The molecule has 5 rings (SSSR count). The van der Waals surface area contributed by atoms with Gasteiger partial charge in [0.1, 0.15) is 34.2 Å². The minimum Gasteiger partial charge on any atom is -0.478 e. The number of ether oxygens (including phenoxy) is 1. The second-order valence-electron chi connectivity index (χ2n) is 6.81. The predicted octanol–water partition coefficient (Wildman–Crippen LogP) is 5.50. The highest BCUT2D eigenvalue weighted by Gasteiger charge is 2.20. The molecule has 30 heavy (non-hydrogen) atoms. The Hall–Kier alpha value is -3.65. The molecule has 150 valence electrons. The minimum atomic E-state index is -0.990. The Balaban J connectivity index is 1.55. The van der Waals surface area contributed by atoms with Gasteiger partial charge in [0.05, 0.1) is 15.1 Å². The molecule has 0 aliphatic rings. The number of aromatic nitrogens is 3. The van der Waals surface area contributed by atoms with E-state index in [9.17, 15) is 9.90 Å². The lowest BCUT2D eigenvalue weighted by molar-refractivity contribution is 0.0696. The number of thiophene rings is 1. The van der Waals surface area contributed by atoms with Crippen LogP contribution in [-0.2, 0) is 13.5 Å². The van der Waals surface area contributed by atoms with Crippen molar-refractivity contribution in [2.45, 2.75) is 13.3 Å². The number of carbonyl (C=O) groups is 1. The lowest BCUT2D eigenvalue weighted by Crippen LogP contribution is -1.98. The summed E-state index contributed by atoms with van der Waals surface area (Å²) in [7, 11) is 1.95. The lowest BCUT2D eigenvalue weighted by atomic mass is 10.1. The Kier molecular flexibility index (Phi) is 4.29. The highest BCUT2D eigenvalue weighted by molar-refractivity contribution is 7.22. The second-order valence-corrected chi connectivity index (χ2v) is 7.87. The molecule has 0 saturated heterocycles. The first-order chi connectivity index (χ1) is 14.5. The zero-order chi connectivity index (χ0) is 20.8. The number of aryl methyl sites for hydroxylation is 2. The summed E-state index contributed by atoms with van der Waals surface area (Å²) < 4.78 is 14.8. The molecular formula is C22H17N3O4S. The molecule has 0 saturated carbocycles. The average Bonchev–Trinajstić information content (AvgIpc) is 3.43. The van der Waals surface area contributed by atoms with Crippen molar-refractivity contribution < 1.29 is 19.1 Å². The number of aromatic carboxylic acids is 1. The Morgan fingerprint density at radius 3 is 2.83 bits per heavy atom. The number of carboxylic acids is 1. The van der Waals surface area contributed by atoms with E-state index in [4.69, 9.17) is 9.15 Å². The largest absolute Gasteiger partial charge is 0.478 e. The van der Waals surface area contributed by atoms with E-state index in [1.54, 1.807) is 41.9 Å². The fourth-order valence-corrected chi connectivity index (χ4v) is 4.61. The number of nitrogens with zero attached hydrogens (tertiary/aromatic N) is 3. The Morgan fingerprint density at radius 2 is 2.10 bits per heavy atom.